The molecule has 152 valence electrons. The van der Waals surface area contributed by atoms with Crippen LogP contribution in [0.5, 0.6) is 11.5 Å². The van der Waals surface area contributed by atoms with Crippen LogP contribution < -0.4 is 14.8 Å². The Hall–Kier alpha value is -3.80. The molecule has 4 rings (SSSR count). The summed E-state index contributed by atoms with van der Waals surface area (Å²) >= 11 is 0. The molecule has 0 bridgehead atoms. The van der Waals surface area contributed by atoms with Crippen molar-refractivity contribution in [2.75, 3.05) is 19.0 Å². The highest BCUT2D eigenvalue weighted by atomic mass is 16.5. The molecule has 6 heteroatoms. The van der Waals surface area contributed by atoms with Gasteiger partial charge in [-0.3, -0.25) is 4.79 Å². The predicted molar refractivity (Wildman–Crippen MR) is 117 cm³/mol. The molecular formula is C24H23N3O3. The van der Waals surface area contributed by atoms with Crippen molar-refractivity contribution in [2.45, 2.75) is 13.8 Å². The highest BCUT2D eigenvalue weighted by Gasteiger charge is 2.13. The Bertz CT molecular complexity index is 1200. The quantitative estimate of drug-likeness (QED) is 0.495. The van der Waals surface area contributed by atoms with E-state index in [1.807, 2.05) is 73.0 Å². The topological polar surface area (TPSA) is 64.9 Å². The first-order valence-electron chi connectivity index (χ1n) is 9.76. The fourth-order valence-corrected chi connectivity index (χ4v) is 3.36. The number of pyridine rings is 1. The van der Waals surface area contributed by atoms with Crippen LogP contribution in [0.3, 0.4) is 0 Å². The fraction of sp³-hybridized carbons (Fsp3) is 0.167. The number of anilines is 1. The zero-order valence-corrected chi connectivity index (χ0v) is 17.2. The molecule has 1 N–H and O–H groups in total. The van der Waals surface area contributed by atoms with E-state index in [2.05, 4.69) is 5.32 Å². The molecule has 4 aromatic rings. The van der Waals surface area contributed by atoms with Gasteiger partial charge >= 0.3 is 0 Å². The van der Waals surface area contributed by atoms with Gasteiger partial charge in [-0.1, -0.05) is 6.07 Å². The maximum absolute atomic E-state index is 12.7. The maximum Gasteiger partial charge on any atom is 0.255 e. The predicted octanol–water partition coefficient (Wildman–Crippen LogP) is 4.97. The van der Waals surface area contributed by atoms with Crippen LogP contribution in [0.15, 0.2) is 66.9 Å². The minimum absolute atomic E-state index is 0.191. The smallest absolute Gasteiger partial charge is 0.255 e. The molecule has 1 amide bonds. The first kappa shape index (κ1) is 19.5. The van der Waals surface area contributed by atoms with E-state index in [1.54, 1.807) is 19.2 Å². The van der Waals surface area contributed by atoms with Crippen molar-refractivity contribution >= 4 is 17.2 Å². The average molecular weight is 401 g/mol. The van der Waals surface area contributed by atoms with E-state index in [1.165, 1.54) is 0 Å². The van der Waals surface area contributed by atoms with E-state index in [4.69, 9.17) is 14.5 Å². The van der Waals surface area contributed by atoms with Gasteiger partial charge in [0.1, 0.15) is 17.1 Å². The number of nitrogens with one attached hydrogen (secondary N) is 1. The number of nitrogens with zero attached hydrogens (tertiary/aromatic N) is 2. The third-order valence-electron chi connectivity index (χ3n) is 4.89. The van der Waals surface area contributed by atoms with Crippen LogP contribution in [0.4, 0.5) is 5.69 Å². The van der Waals surface area contributed by atoms with Crippen LogP contribution in [0, 0.1) is 6.92 Å². The second-order valence-electron chi connectivity index (χ2n) is 6.84. The number of carbonyl (C=O) groups excluding carboxylic acids is 1. The molecule has 0 unspecified atom stereocenters. The van der Waals surface area contributed by atoms with Gasteiger partial charge in [0, 0.05) is 23.0 Å². The molecule has 0 radical (unpaired) electrons. The molecule has 0 fully saturated rings. The SMILES string of the molecule is CCOc1cccc(C(=O)Nc2ccc3nc(-c4ccc(OC)cc4)c(C)n3c2)c1. The third-order valence-corrected chi connectivity index (χ3v) is 4.89. The lowest BCUT2D eigenvalue weighted by Crippen LogP contribution is -2.12. The summed E-state index contributed by atoms with van der Waals surface area (Å²) in [6.45, 7) is 4.48. The number of hydrogen-bond acceptors (Lipinski definition) is 4. The summed E-state index contributed by atoms with van der Waals surface area (Å²) < 4.78 is 12.7. The van der Waals surface area contributed by atoms with Crippen LogP contribution in [-0.2, 0) is 0 Å². The minimum atomic E-state index is -0.191. The van der Waals surface area contributed by atoms with Crippen LogP contribution in [-0.4, -0.2) is 29.0 Å². The highest BCUT2D eigenvalue weighted by molar-refractivity contribution is 6.04. The van der Waals surface area contributed by atoms with Crippen molar-refractivity contribution in [3.05, 3.63) is 78.1 Å². The van der Waals surface area contributed by atoms with Crippen LogP contribution in [0.1, 0.15) is 23.0 Å². The molecular weight excluding hydrogens is 378 g/mol. The van der Waals surface area contributed by atoms with E-state index in [0.717, 1.165) is 28.3 Å². The van der Waals surface area contributed by atoms with Crippen LogP contribution in [0.2, 0.25) is 0 Å². The van der Waals surface area contributed by atoms with Gasteiger partial charge in [0.2, 0.25) is 0 Å². The fourth-order valence-electron chi connectivity index (χ4n) is 3.36. The second kappa shape index (κ2) is 8.29. The van der Waals surface area contributed by atoms with Gasteiger partial charge < -0.3 is 19.2 Å². The highest BCUT2D eigenvalue weighted by Crippen LogP contribution is 2.27. The van der Waals surface area contributed by atoms with E-state index in [-0.39, 0.29) is 5.91 Å². The van der Waals surface area contributed by atoms with Crippen LogP contribution >= 0.6 is 0 Å². The number of benzene rings is 2. The van der Waals surface area contributed by atoms with Gasteiger partial charge in [0.25, 0.3) is 5.91 Å². The molecule has 0 saturated heterocycles. The van der Waals surface area contributed by atoms with Crippen molar-refractivity contribution < 1.29 is 14.3 Å². The largest absolute Gasteiger partial charge is 0.497 e. The number of hydrogen-bond donors (Lipinski definition) is 1. The standard InChI is InChI=1S/C24H23N3O3/c1-4-30-21-7-5-6-18(14-21)24(28)25-19-10-13-22-26-23(16(2)27(22)15-19)17-8-11-20(29-3)12-9-17/h5-15H,4H2,1-3H3,(H,25,28). The summed E-state index contributed by atoms with van der Waals surface area (Å²) in [5.74, 6) is 1.29. The Kier molecular flexibility index (Phi) is 5.39. The Morgan fingerprint density at radius 1 is 1.07 bits per heavy atom. The Balaban J connectivity index is 1.61. The number of fused-ring (bicyclic) bond motifs is 1. The van der Waals surface area contributed by atoms with Gasteiger partial charge in [0.05, 0.1) is 25.1 Å². The Labute approximate surface area is 175 Å². The van der Waals surface area contributed by atoms with Gasteiger partial charge in [-0.05, 0) is 68.4 Å². The molecule has 0 saturated carbocycles. The zero-order valence-electron chi connectivity index (χ0n) is 17.2. The molecule has 6 nitrogen and oxygen atoms in total. The number of imidazole rings is 1. The summed E-state index contributed by atoms with van der Waals surface area (Å²) in [7, 11) is 1.65. The zero-order chi connectivity index (χ0) is 21.1. The molecule has 2 aromatic heterocycles. The summed E-state index contributed by atoms with van der Waals surface area (Å²) in [5.41, 5.74) is 4.94. The second-order valence-corrected chi connectivity index (χ2v) is 6.84. The lowest BCUT2D eigenvalue weighted by molar-refractivity contribution is 0.102. The number of ether oxygens (including phenoxy) is 2. The van der Waals surface area contributed by atoms with Crippen molar-refractivity contribution in [2.24, 2.45) is 0 Å². The van der Waals surface area contributed by atoms with E-state index in [9.17, 15) is 4.79 Å². The monoisotopic (exact) mass is 401 g/mol. The Morgan fingerprint density at radius 2 is 1.87 bits per heavy atom. The van der Waals surface area contributed by atoms with E-state index >= 15 is 0 Å². The lowest BCUT2D eigenvalue weighted by Gasteiger charge is -2.08. The van der Waals surface area contributed by atoms with E-state index in [0.29, 0.717) is 23.6 Å². The summed E-state index contributed by atoms with van der Waals surface area (Å²) in [5, 5.41) is 2.95. The number of aromatic nitrogens is 2. The molecule has 0 spiro atoms. The van der Waals surface area contributed by atoms with Crippen molar-refractivity contribution in [3.8, 4) is 22.8 Å². The first-order chi connectivity index (χ1) is 14.6. The number of methoxy groups -OCH3 is 1. The molecule has 2 heterocycles. The number of aryl methyl sites for hydroxylation is 1. The van der Waals surface area contributed by atoms with Gasteiger partial charge in [-0.25, -0.2) is 4.98 Å². The molecule has 0 aliphatic heterocycles. The summed E-state index contributed by atoms with van der Waals surface area (Å²) in [6, 6.07) is 18.7. The molecule has 30 heavy (non-hydrogen) atoms. The third kappa shape index (κ3) is 3.85. The average Bonchev–Trinajstić information content (AvgIpc) is 3.10. The van der Waals surface area contributed by atoms with Crippen molar-refractivity contribution in [1.82, 2.24) is 9.38 Å². The lowest BCUT2D eigenvalue weighted by atomic mass is 10.1. The summed E-state index contributed by atoms with van der Waals surface area (Å²) in [6.07, 6.45) is 1.88. The molecule has 0 aliphatic carbocycles. The van der Waals surface area contributed by atoms with Gasteiger partial charge in [-0.15, -0.1) is 0 Å². The van der Waals surface area contributed by atoms with Crippen molar-refractivity contribution in [3.63, 3.8) is 0 Å². The summed E-state index contributed by atoms with van der Waals surface area (Å²) in [4.78, 5) is 17.4. The number of carbonyl (C=O) groups is 1. The van der Waals surface area contributed by atoms with E-state index < -0.39 is 0 Å². The van der Waals surface area contributed by atoms with Crippen molar-refractivity contribution in [1.29, 1.82) is 0 Å². The van der Waals surface area contributed by atoms with Gasteiger partial charge in [-0.2, -0.15) is 0 Å². The van der Waals surface area contributed by atoms with Crippen LogP contribution in [0.25, 0.3) is 16.9 Å². The number of amides is 1. The van der Waals surface area contributed by atoms with Gasteiger partial charge in [0.15, 0.2) is 0 Å². The number of rotatable bonds is 6. The minimum Gasteiger partial charge on any atom is -0.497 e. The molecule has 0 atom stereocenters. The normalized spacial score (nSPS) is 10.8. The molecule has 2 aromatic carbocycles. The maximum atomic E-state index is 12.7. The molecule has 0 aliphatic rings. The Morgan fingerprint density at radius 3 is 2.60 bits per heavy atom. The first-order valence-corrected chi connectivity index (χ1v) is 9.76.